The molecule has 0 aromatic heterocycles. The number of nitro benzene ring substituents is 1. The van der Waals surface area contributed by atoms with Gasteiger partial charge in [0.25, 0.3) is 0 Å². The average Bonchev–Trinajstić information content (AvgIpc) is 2.59. The first-order valence-electron chi connectivity index (χ1n) is 9.06. The molecule has 0 aliphatic rings. The van der Waals surface area contributed by atoms with Gasteiger partial charge in [0.05, 0.1) is 17.1 Å². The number of carbonyl (C=O) groups excluding carboxylic acids is 1. The molecule has 0 amide bonds. The van der Waals surface area contributed by atoms with Crippen molar-refractivity contribution in [3.05, 3.63) is 33.9 Å². The summed E-state index contributed by atoms with van der Waals surface area (Å²) >= 11 is 0. The molecule has 5 heteroatoms. The fourth-order valence-electron chi connectivity index (χ4n) is 2.72. The number of para-hydroxylation sites is 1. The topological polar surface area (TPSA) is 69.4 Å². The molecule has 5 nitrogen and oxygen atoms in total. The van der Waals surface area contributed by atoms with Crippen molar-refractivity contribution >= 4 is 12.0 Å². The van der Waals surface area contributed by atoms with E-state index < -0.39 is 4.92 Å². The van der Waals surface area contributed by atoms with E-state index in [4.69, 9.17) is 4.74 Å². The summed E-state index contributed by atoms with van der Waals surface area (Å²) in [4.78, 5) is 21.4. The number of nitro groups is 1. The highest BCUT2D eigenvalue weighted by molar-refractivity contribution is 5.83. The van der Waals surface area contributed by atoms with E-state index in [0.29, 0.717) is 12.9 Å². The lowest BCUT2D eigenvalue weighted by Gasteiger charge is -2.07. The Labute approximate surface area is 144 Å². The largest absolute Gasteiger partial charge is 0.487 e. The van der Waals surface area contributed by atoms with Crippen molar-refractivity contribution in [3.63, 3.8) is 0 Å². The zero-order chi connectivity index (χ0) is 17.6. The lowest BCUT2D eigenvalue weighted by atomic mass is 10.1. The van der Waals surface area contributed by atoms with Gasteiger partial charge in [-0.05, 0) is 18.6 Å². The van der Waals surface area contributed by atoms with Gasteiger partial charge in [-0.3, -0.25) is 14.9 Å². The normalized spacial score (nSPS) is 10.5. The van der Waals surface area contributed by atoms with Gasteiger partial charge in [0.1, 0.15) is 0 Å². The third kappa shape index (κ3) is 7.57. The Balaban J connectivity index is 2.18. The quantitative estimate of drug-likeness (QED) is 0.189. The summed E-state index contributed by atoms with van der Waals surface area (Å²) < 4.78 is 5.51. The average molecular weight is 335 g/mol. The van der Waals surface area contributed by atoms with Crippen molar-refractivity contribution in [2.24, 2.45) is 0 Å². The van der Waals surface area contributed by atoms with Gasteiger partial charge in [-0.15, -0.1) is 0 Å². The first kappa shape index (κ1) is 20.1. The van der Waals surface area contributed by atoms with Crippen molar-refractivity contribution in [2.45, 2.75) is 71.1 Å². The van der Waals surface area contributed by atoms with Gasteiger partial charge in [-0.2, -0.15) is 0 Å². The standard InChI is InChI=1S/C19H29NO4/c1-2-3-4-5-6-7-8-9-10-11-15-24-18-14-12-13-17(16-21)19(18)20(22)23/h12-14,16H,2-11,15H2,1H3. The number of carbonyl (C=O) groups is 1. The number of unbranched alkanes of at least 4 members (excludes halogenated alkanes) is 9. The molecule has 0 radical (unpaired) electrons. The van der Waals surface area contributed by atoms with Crippen molar-refractivity contribution in [1.29, 1.82) is 0 Å². The molecule has 0 aliphatic carbocycles. The summed E-state index contributed by atoms with van der Waals surface area (Å²) in [6, 6.07) is 4.57. The molecule has 1 aromatic rings. The summed E-state index contributed by atoms with van der Waals surface area (Å²) in [6.45, 7) is 2.67. The summed E-state index contributed by atoms with van der Waals surface area (Å²) in [7, 11) is 0. The molecule has 0 N–H and O–H groups in total. The predicted octanol–water partition coefficient (Wildman–Crippen LogP) is 5.71. The highest BCUT2D eigenvalue weighted by atomic mass is 16.6. The molecule has 0 spiro atoms. The van der Waals surface area contributed by atoms with Crippen LogP contribution < -0.4 is 4.74 Å². The lowest BCUT2D eigenvalue weighted by Crippen LogP contribution is -2.03. The van der Waals surface area contributed by atoms with E-state index in [1.165, 1.54) is 57.4 Å². The number of aldehydes is 1. The van der Waals surface area contributed by atoms with Crippen LogP contribution in [0.2, 0.25) is 0 Å². The maximum Gasteiger partial charge on any atom is 0.321 e. The third-order valence-corrected chi connectivity index (χ3v) is 4.10. The number of hydrogen-bond acceptors (Lipinski definition) is 4. The molecule has 0 heterocycles. The minimum atomic E-state index is -0.558. The second kappa shape index (κ2) is 12.5. The highest BCUT2D eigenvalue weighted by Gasteiger charge is 2.20. The summed E-state index contributed by atoms with van der Waals surface area (Å²) in [5.41, 5.74) is -0.180. The van der Waals surface area contributed by atoms with E-state index in [2.05, 4.69) is 6.92 Å². The Morgan fingerprint density at radius 1 is 1.00 bits per heavy atom. The second-order valence-corrected chi connectivity index (χ2v) is 6.10. The van der Waals surface area contributed by atoms with Crippen LogP contribution in [0.15, 0.2) is 18.2 Å². The second-order valence-electron chi connectivity index (χ2n) is 6.10. The van der Waals surface area contributed by atoms with E-state index in [-0.39, 0.29) is 17.0 Å². The van der Waals surface area contributed by atoms with E-state index in [1.807, 2.05) is 0 Å². The number of ether oxygens (including phenoxy) is 1. The van der Waals surface area contributed by atoms with Crippen LogP contribution in [0.3, 0.4) is 0 Å². The van der Waals surface area contributed by atoms with E-state index in [0.717, 1.165) is 12.8 Å². The van der Waals surface area contributed by atoms with Crippen LogP contribution in [0, 0.1) is 10.1 Å². The minimum Gasteiger partial charge on any atom is -0.487 e. The minimum absolute atomic E-state index is 0.0561. The Morgan fingerprint density at radius 2 is 1.58 bits per heavy atom. The summed E-state index contributed by atoms with van der Waals surface area (Å²) in [5.74, 6) is 0.181. The Kier molecular flexibility index (Phi) is 10.5. The van der Waals surface area contributed by atoms with Gasteiger partial charge in [-0.25, -0.2) is 0 Å². The molecule has 1 rings (SSSR count). The molecule has 0 aliphatic heterocycles. The lowest BCUT2D eigenvalue weighted by molar-refractivity contribution is -0.386. The van der Waals surface area contributed by atoms with Crippen LogP contribution in [0.1, 0.15) is 81.5 Å². The highest BCUT2D eigenvalue weighted by Crippen LogP contribution is 2.29. The fourth-order valence-corrected chi connectivity index (χ4v) is 2.72. The maximum absolute atomic E-state index is 11.1. The maximum atomic E-state index is 11.1. The molecule has 0 atom stereocenters. The van der Waals surface area contributed by atoms with Gasteiger partial charge < -0.3 is 4.74 Å². The predicted molar refractivity (Wildman–Crippen MR) is 95.8 cm³/mol. The fraction of sp³-hybridized carbons (Fsp3) is 0.632. The first-order chi connectivity index (χ1) is 11.7. The first-order valence-corrected chi connectivity index (χ1v) is 9.06. The number of hydrogen-bond donors (Lipinski definition) is 0. The zero-order valence-corrected chi connectivity index (χ0v) is 14.7. The van der Waals surface area contributed by atoms with Gasteiger partial charge in [0.2, 0.25) is 0 Å². The van der Waals surface area contributed by atoms with Gasteiger partial charge in [0.15, 0.2) is 12.0 Å². The smallest absolute Gasteiger partial charge is 0.321 e. The van der Waals surface area contributed by atoms with Crippen molar-refractivity contribution < 1.29 is 14.5 Å². The van der Waals surface area contributed by atoms with E-state index in [9.17, 15) is 14.9 Å². The zero-order valence-electron chi connectivity index (χ0n) is 14.7. The van der Waals surface area contributed by atoms with Gasteiger partial charge >= 0.3 is 5.69 Å². The van der Waals surface area contributed by atoms with Crippen molar-refractivity contribution in [2.75, 3.05) is 6.61 Å². The summed E-state index contributed by atoms with van der Waals surface area (Å²) in [6.07, 6.45) is 12.8. The molecule has 0 unspecified atom stereocenters. The van der Waals surface area contributed by atoms with Crippen molar-refractivity contribution in [3.8, 4) is 5.75 Å². The van der Waals surface area contributed by atoms with Crippen molar-refractivity contribution in [1.82, 2.24) is 0 Å². The molecule has 1 aromatic carbocycles. The van der Waals surface area contributed by atoms with Gasteiger partial charge in [-0.1, -0.05) is 70.8 Å². The monoisotopic (exact) mass is 335 g/mol. The van der Waals surface area contributed by atoms with Crippen LogP contribution in [-0.4, -0.2) is 17.8 Å². The molecule has 0 saturated heterocycles. The Hall–Kier alpha value is -1.91. The van der Waals surface area contributed by atoms with Crippen LogP contribution in [0.5, 0.6) is 5.75 Å². The van der Waals surface area contributed by atoms with E-state index >= 15 is 0 Å². The van der Waals surface area contributed by atoms with Crippen LogP contribution in [-0.2, 0) is 0 Å². The molecule has 0 bridgehead atoms. The van der Waals surface area contributed by atoms with Gasteiger partial charge in [0, 0.05) is 0 Å². The molecular weight excluding hydrogens is 306 g/mol. The van der Waals surface area contributed by atoms with E-state index in [1.54, 1.807) is 12.1 Å². The number of nitrogens with zero attached hydrogens (tertiary/aromatic N) is 1. The Bertz CT molecular complexity index is 502. The van der Waals surface area contributed by atoms with Crippen LogP contribution in [0.4, 0.5) is 5.69 Å². The molecule has 0 saturated carbocycles. The SMILES string of the molecule is CCCCCCCCCCCCOc1cccc(C=O)c1[N+](=O)[O-]. The van der Waals surface area contributed by atoms with Crippen LogP contribution in [0.25, 0.3) is 0 Å². The molecule has 134 valence electrons. The molecule has 24 heavy (non-hydrogen) atoms. The molecule has 0 fully saturated rings. The summed E-state index contributed by atoms with van der Waals surface area (Å²) in [5, 5.41) is 11.1. The Morgan fingerprint density at radius 3 is 2.12 bits per heavy atom. The third-order valence-electron chi connectivity index (χ3n) is 4.10. The molecular formula is C19H29NO4. The number of rotatable bonds is 14. The van der Waals surface area contributed by atoms with Crippen LogP contribution >= 0.6 is 0 Å². The number of benzene rings is 1.